The number of nitrogens with zero attached hydrogens (tertiary/aromatic N) is 2. The highest BCUT2D eigenvalue weighted by atomic mass is 32.1. The Kier molecular flexibility index (Phi) is 4.32. The van der Waals surface area contributed by atoms with Crippen molar-refractivity contribution in [2.75, 3.05) is 0 Å². The van der Waals surface area contributed by atoms with Crippen molar-refractivity contribution in [3.63, 3.8) is 0 Å². The molecule has 0 saturated heterocycles. The number of benzene rings is 1. The van der Waals surface area contributed by atoms with Crippen LogP contribution in [0.5, 0.6) is 0 Å². The SMILES string of the molecule is CCC(N)Cn1c(Cc2cccs2)nc2cc(C)c(C)cc21. The van der Waals surface area contributed by atoms with E-state index in [2.05, 4.69) is 55.0 Å². The molecule has 1 aromatic carbocycles. The van der Waals surface area contributed by atoms with Crippen LogP contribution in [0.3, 0.4) is 0 Å². The molecule has 0 aliphatic carbocycles. The van der Waals surface area contributed by atoms with E-state index in [0.29, 0.717) is 0 Å². The van der Waals surface area contributed by atoms with Crippen molar-refractivity contribution in [1.82, 2.24) is 9.55 Å². The Balaban J connectivity index is 2.10. The molecule has 3 aromatic rings. The number of fused-ring (bicyclic) bond motifs is 1. The van der Waals surface area contributed by atoms with Crippen LogP contribution in [0.15, 0.2) is 29.6 Å². The van der Waals surface area contributed by atoms with Crippen molar-refractivity contribution in [2.24, 2.45) is 5.73 Å². The Morgan fingerprint density at radius 1 is 1.27 bits per heavy atom. The molecule has 2 aromatic heterocycles. The van der Waals surface area contributed by atoms with E-state index < -0.39 is 0 Å². The lowest BCUT2D eigenvalue weighted by Gasteiger charge is -2.14. The van der Waals surface area contributed by atoms with Crippen LogP contribution in [0.1, 0.15) is 35.2 Å². The summed E-state index contributed by atoms with van der Waals surface area (Å²) < 4.78 is 2.32. The number of nitrogens with two attached hydrogens (primary N) is 1. The number of hydrogen-bond donors (Lipinski definition) is 1. The van der Waals surface area contributed by atoms with Gasteiger partial charge in [-0.25, -0.2) is 4.98 Å². The third-order valence-electron chi connectivity index (χ3n) is 4.30. The molecule has 116 valence electrons. The van der Waals surface area contributed by atoms with Crippen molar-refractivity contribution in [2.45, 2.75) is 46.2 Å². The van der Waals surface area contributed by atoms with Crippen molar-refractivity contribution in [1.29, 1.82) is 0 Å². The number of aryl methyl sites for hydroxylation is 2. The maximum absolute atomic E-state index is 6.22. The van der Waals surface area contributed by atoms with Gasteiger partial charge in [-0.1, -0.05) is 13.0 Å². The molecular weight excluding hydrogens is 290 g/mol. The molecule has 2 heterocycles. The van der Waals surface area contributed by atoms with Gasteiger partial charge in [-0.05, 0) is 55.0 Å². The summed E-state index contributed by atoms with van der Waals surface area (Å²) in [6, 6.07) is 8.87. The average molecular weight is 313 g/mol. The first-order valence-electron chi connectivity index (χ1n) is 7.82. The molecule has 0 aliphatic rings. The third kappa shape index (κ3) is 2.94. The summed E-state index contributed by atoms with van der Waals surface area (Å²) in [6.07, 6.45) is 1.85. The summed E-state index contributed by atoms with van der Waals surface area (Å²) in [5.74, 6) is 1.12. The Morgan fingerprint density at radius 3 is 2.73 bits per heavy atom. The van der Waals surface area contributed by atoms with E-state index in [-0.39, 0.29) is 6.04 Å². The van der Waals surface area contributed by atoms with E-state index in [1.165, 1.54) is 21.5 Å². The number of thiophene rings is 1. The number of hydrogen-bond acceptors (Lipinski definition) is 3. The summed E-state index contributed by atoms with van der Waals surface area (Å²) in [4.78, 5) is 6.23. The van der Waals surface area contributed by atoms with Crippen LogP contribution in [0.4, 0.5) is 0 Å². The molecule has 0 saturated carbocycles. The van der Waals surface area contributed by atoms with Gasteiger partial charge >= 0.3 is 0 Å². The van der Waals surface area contributed by atoms with Crippen molar-refractivity contribution in [3.8, 4) is 0 Å². The normalized spacial score (nSPS) is 12.9. The lowest BCUT2D eigenvalue weighted by atomic mass is 10.1. The Hall–Kier alpha value is -1.65. The lowest BCUT2D eigenvalue weighted by molar-refractivity contribution is 0.536. The molecule has 0 fully saturated rings. The maximum Gasteiger partial charge on any atom is 0.115 e. The highest BCUT2D eigenvalue weighted by Gasteiger charge is 2.14. The van der Waals surface area contributed by atoms with E-state index in [0.717, 1.165) is 30.7 Å². The fourth-order valence-corrected chi connectivity index (χ4v) is 3.40. The lowest BCUT2D eigenvalue weighted by Crippen LogP contribution is -2.26. The highest BCUT2D eigenvalue weighted by Crippen LogP contribution is 2.24. The largest absolute Gasteiger partial charge is 0.326 e. The summed E-state index contributed by atoms with van der Waals surface area (Å²) in [6.45, 7) is 7.27. The fourth-order valence-electron chi connectivity index (χ4n) is 2.70. The molecule has 4 heteroatoms. The van der Waals surface area contributed by atoms with Gasteiger partial charge < -0.3 is 10.3 Å². The molecular formula is C18H23N3S. The van der Waals surface area contributed by atoms with Gasteiger partial charge in [0.1, 0.15) is 5.82 Å². The first kappa shape index (κ1) is 15.3. The minimum atomic E-state index is 0.168. The quantitative estimate of drug-likeness (QED) is 0.772. The zero-order valence-corrected chi connectivity index (χ0v) is 14.3. The molecule has 1 atom stereocenters. The first-order chi connectivity index (χ1) is 10.6. The minimum Gasteiger partial charge on any atom is -0.326 e. The maximum atomic E-state index is 6.22. The monoisotopic (exact) mass is 313 g/mol. The summed E-state index contributed by atoms with van der Waals surface area (Å²) >= 11 is 1.78. The third-order valence-corrected chi connectivity index (χ3v) is 5.17. The smallest absolute Gasteiger partial charge is 0.115 e. The molecule has 3 nitrogen and oxygen atoms in total. The van der Waals surface area contributed by atoms with Crippen LogP contribution < -0.4 is 5.73 Å². The number of aromatic nitrogens is 2. The van der Waals surface area contributed by atoms with Gasteiger partial charge in [-0.2, -0.15) is 0 Å². The zero-order chi connectivity index (χ0) is 15.7. The van der Waals surface area contributed by atoms with Crippen LogP contribution in [0, 0.1) is 13.8 Å². The molecule has 0 amide bonds. The van der Waals surface area contributed by atoms with E-state index in [1.807, 2.05) is 0 Å². The van der Waals surface area contributed by atoms with Gasteiger partial charge in [0, 0.05) is 23.9 Å². The molecule has 0 spiro atoms. The van der Waals surface area contributed by atoms with Crippen LogP contribution in [0.25, 0.3) is 11.0 Å². The van der Waals surface area contributed by atoms with Crippen molar-refractivity contribution < 1.29 is 0 Å². The average Bonchev–Trinajstić information content (AvgIpc) is 3.10. The summed E-state index contributed by atoms with van der Waals surface area (Å²) in [5.41, 5.74) is 11.1. The molecule has 0 aliphatic heterocycles. The van der Waals surface area contributed by atoms with Crippen molar-refractivity contribution >= 4 is 22.4 Å². The van der Waals surface area contributed by atoms with Gasteiger partial charge in [-0.15, -0.1) is 11.3 Å². The predicted molar refractivity (Wildman–Crippen MR) is 94.6 cm³/mol. The van der Waals surface area contributed by atoms with Gasteiger partial charge in [0.25, 0.3) is 0 Å². The molecule has 1 unspecified atom stereocenters. The van der Waals surface area contributed by atoms with E-state index in [9.17, 15) is 0 Å². The van der Waals surface area contributed by atoms with Gasteiger partial charge in [0.05, 0.1) is 11.0 Å². The van der Waals surface area contributed by atoms with Gasteiger partial charge in [0.15, 0.2) is 0 Å². The summed E-state index contributed by atoms with van der Waals surface area (Å²) in [7, 11) is 0. The fraction of sp³-hybridized carbons (Fsp3) is 0.389. The highest BCUT2D eigenvalue weighted by molar-refractivity contribution is 7.09. The van der Waals surface area contributed by atoms with Gasteiger partial charge in [0.2, 0.25) is 0 Å². The standard InChI is InChI=1S/C18H23N3S/c1-4-14(19)11-21-17-9-13(3)12(2)8-16(17)20-18(21)10-15-6-5-7-22-15/h5-9,14H,4,10-11,19H2,1-3H3. The van der Waals surface area contributed by atoms with E-state index in [4.69, 9.17) is 10.7 Å². The second-order valence-electron chi connectivity index (χ2n) is 5.99. The molecule has 3 rings (SSSR count). The molecule has 0 radical (unpaired) electrons. The second-order valence-corrected chi connectivity index (χ2v) is 7.02. The second kappa shape index (κ2) is 6.23. The predicted octanol–water partition coefficient (Wildman–Crippen LogP) is 4.04. The Labute approximate surface area is 135 Å². The molecule has 2 N–H and O–H groups in total. The van der Waals surface area contributed by atoms with Crippen LogP contribution >= 0.6 is 11.3 Å². The molecule has 0 bridgehead atoms. The first-order valence-corrected chi connectivity index (χ1v) is 8.70. The number of imidazole rings is 1. The zero-order valence-electron chi connectivity index (χ0n) is 13.5. The van der Waals surface area contributed by atoms with Crippen LogP contribution in [0.2, 0.25) is 0 Å². The Morgan fingerprint density at radius 2 is 2.05 bits per heavy atom. The van der Waals surface area contributed by atoms with Gasteiger partial charge in [-0.3, -0.25) is 0 Å². The van der Waals surface area contributed by atoms with E-state index >= 15 is 0 Å². The van der Waals surface area contributed by atoms with Crippen LogP contribution in [-0.4, -0.2) is 15.6 Å². The van der Waals surface area contributed by atoms with Crippen molar-refractivity contribution in [3.05, 3.63) is 51.5 Å². The summed E-state index contributed by atoms with van der Waals surface area (Å²) in [5, 5.41) is 2.12. The Bertz CT molecular complexity index is 771. The molecule has 22 heavy (non-hydrogen) atoms. The minimum absolute atomic E-state index is 0.168. The van der Waals surface area contributed by atoms with E-state index in [1.54, 1.807) is 11.3 Å². The number of rotatable bonds is 5. The topological polar surface area (TPSA) is 43.8 Å². The van der Waals surface area contributed by atoms with Crippen LogP contribution in [-0.2, 0) is 13.0 Å².